The lowest BCUT2D eigenvalue weighted by Gasteiger charge is -2.37. The Balaban J connectivity index is 1.44. The van der Waals surface area contributed by atoms with E-state index in [1.807, 2.05) is 81.1 Å². The third-order valence-electron chi connectivity index (χ3n) is 6.92. The molecule has 8 nitrogen and oxygen atoms in total. The lowest BCUT2D eigenvalue weighted by atomic mass is 10.0. The van der Waals surface area contributed by atoms with Crippen molar-refractivity contribution < 1.29 is 14.3 Å². The van der Waals surface area contributed by atoms with Gasteiger partial charge in [-0.1, -0.05) is 59.7 Å². The number of nitrogens with zero attached hydrogens (tertiary/aromatic N) is 4. The highest BCUT2D eigenvalue weighted by atomic mass is 16.6. The Morgan fingerprint density at radius 2 is 1.32 bits per heavy atom. The number of carbonyl (C=O) groups is 1. The van der Waals surface area contributed by atoms with E-state index in [0.29, 0.717) is 43.3 Å². The molecule has 0 N–H and O–H groups in total. The Morgan fingerprint density at radius 3 is 1.88 bits per heavy atom. The fraction of sp³-hybridized carbons (Fsp3) is 0.303. The molecule has 0 atom stereocenters. The molecule has 4 aromatic rings. The third kappa shape index (κ3) is 6.60. The highest BCUT2D eigenvalue weighted by molar-refractivity contribution is 5.69. The van der Waals surface area contributed by atoms with Crippen LogP contribution in [-0.2, 0) is 4.74 Å². The van der Waals surface area contributed by atoms with Crippen LogP contribution in [0.4, 0.5) is 10.5 Å². The quantitative estimate of drug-likeness (QED) is 0.287. The van der Waals surface area contributed by atoms with E-state index in [1.165, 1.54) is 10.2 Å². The molecule has 212 valence electrons. The predicted molar refractivity (Wildman–Crippen MR) is 161 cm³/mol. The van der Waals surface area contributed by atoms with Gasteiger partial charge in [0.15, 0.2) is 0 Å². The summed E-state index contributed by atoms with van der Waals surface area (Å²) < 4.78 is 13.2. The molecule has 1 aliphatic heterocycles. The first-order chi connectivity index (χ1) is 19.6. The highest BCUT2D eigenvalue weighted by Gasteiger charge is 2.28. The average molecular weight is 553 g/mol. The average Bonchev–Trinajstić information content (AvgIpc) is 2.95. The second-order valence-electron chi connectivity index (χ2n) is 11.4. The van der Waals surface area contributed by atoms with Crippen molar-refractivity contribution in [3.05, 3.63) is 100 Å². The van der Waals surface area contributed by atoms with Gasteiger partial charge in [0, 0.05) is 26.2 Å². The van der Waals surface area contributed by atoms with Gasteiger partial charge in [-0.3, -0.25) is 4.79 Å². The predicted octanol–water partition coefficient (Wildman–Crippen LogP) is 6.37. The molecule has 0 radical (unpaired) electrons. The summed E-state index contributed by atoms with van der Waals surface area (Å²) in [5, 5.41) is 4.50. The molecule has 0 unspecified atom stereocenters. The van der Waals surface area contributed by atoms with Gasteiger partial charge in [0.25, 0.3) is 0 Å². The summed E-state index contributed by atoms with van der Waals surface area (Å²) >= 11 is 0. The SMILES string of the molecule is Cc1ccc(-c2ccc(Oc3c(N4CCN(C(=O)OC(C)(C)C)CC4)cnn(-c4ccc(C)cc4)c3=O)cc2)cc1. The van der Waals surface area contributed by atoms with E-state index in [4.69, 9.17) is 9.47 Å². The van der Waals surface area contributed by atoms with Crippen LogP contribution >= 0.6 is 0 Å². The van der Waals surface area contributed by atoms with Crippen molar-refractivity contribution >= 4 is 11.8 Å². The first kappa shape index (κ1) is 28.0. The van der Waals surface area contributed by atoms with E-state index in [0.717, 1.165) is 16.7 Å². The van der Waals surface area contributed by atoms with E-state index < -0.39 is 5.60 Å². The van der Waals surface area contributed by atoms with Crippen molar-refractivity contribution in [1.82, 2.24) is 14.7 Å². The molecule has 41 heavy (non-hydrogen) atoms. The number of hydrogen-bond donors (Lipinski definition) is 0. The van der Waals surface area contributed by atoms with Crippen molar-refractivity contribution in [1.29, 1.82) is 0 Å². The minimum absolute atomic E-state index is 0.189. The Morgan fingerprint density at radius 1 is 0.780 bits per heavy atom. The van der Waals surface area contributed by atoms with Crippen LogP contribution in [0.25, 0.3) is 16.8 Å². The smallest absolute Gasteiger partial charge is 0.410 e. The minimum atomic E-state index is -0.561. The van der Waals surface area contributed by atoms with Crippen LogP contribution in [0.5, 0.6) is 11.5 Å². The summed E-state index contributed by atoms with van der Waals surface area (Å²) in [7, 11) is 0. The molecule has 1 fully saturated rings. The van der Waals surface area contributed by atoms with Crippen LogP contribution in [0.1, 0.15) is 31.9 Å². The van der Waals surface area contributed by atoms with Crippen LogP contribution < -0.4 is 15.2 Å². The van der Waals surface area contributed by atoms with Gasteiger partial charge in [-0.15, -0.1) is 0 Å². The zero-order valence-electron chi connectivity index (χ0n) is 24.3. The standard InChI is InChI=1S/C33H36N4O4/c1-23-6-10-25(11-7-23)26-12-16-28(17-13-26)40-30-29(22-34-37(31(30)38)27-14-8-24(2)9-15-27)35-18-20-36(21-19-35)32(39)41-33(3,4)5/h6-17,22H,18-21H2,1-5H3. The highest BCUT2D eigenvalue weighted by Crippen LogP contribution is 2.31. The minimum Gasteiger partial charge on any atom is -0.449 e. The number of benzene rings is 3. The molecule has 1 saturated heterocycles. The molecule has 2 heterocycles. The summed E-state index contributed by atoms with van der Waals surface area (Å²) in [6.07, 6.45) is 1.33. The van der Waals surface area contributed by atoms with Gasteiger partial charge in [0.05, 0.1) is 11.9 Å². The van der Waals surface area contributed by atoms with Crippen molar-refractivity contribution in [2.75, 3.05) is 31.1 Å². The van der Waals surface area contributed by atoms with Crippen molar-refractivity contribution in [3.8, 4) is 28.3 Å². The van der Waals surface area contributed by atoms with Gasteiger partial charge in [0.1, 0.15) is 17.0 Å². The fourth-order valence-electron chi connectivity index (χ4n) is 4.66. The summed E-state index contributed by atoms with van der Waals surface area (Å²) in [6.45, 7) is 11.6. The molecule has 5 rings (SSSR count). The van der Waals surface area contributed by atoms with Gasteiger partial charge >= 0.3 is 11.7 Å². The Bertz CT molecular complexity index is 1560. The van der Waals surface area contributed by atoms with Crippen LogP contribution in [-0.4, -0.2) is 52.6 Å². The number of hydrogen-bond acceptors (Lipinski definition) is 6. The summed E-state index contributed by atoms with van der Waals surface area (Å²) in [5.41, 5.74) is 4.78. The van der Waals surface area contributed by atoms with Gasteiger partial charge in [-0.05, 0) is 70.0 Å². The number of ether oxygens (including phenoxy) is 2. The third-order valence-corrected chi connectivity index (χ3v) is 6.92. The number of aromatic nitrogens is 2. The van der Waals surface area contributed by atoms with E-state index in [1.54, 1.807) is 11.1 Å². The molecule has 1 amide bonds. The monoisotopic (exact) mass is 552 g/mol. The summed E-state index contributed by atoms with van der Waals surface area (Å²) in [4.78, 5) is 30.1. The van der Waals surface area contributed by atoms with Crippen LogP contribution in [0.3, 0.4) is 0 Å². The van der Waals surface area contributed by atoms with E-state index in [9.17, 15) is 9.59 Å². The molecule has 0 aliphatic carbocycles. The zero-order chi connectivity index (χ0) is 29.1. The molecule has 1 aromatic heterocycles. The van der Waals surface area contributed by atoms with Crippen LogP contribution in [0.15, 0.2) is 83.8 Å². The number of carbonyl (C=O) groups excluding carboxylic acids is 1. The second kappa shape index (κ2) is 11.5. The molecule has 1 aliphatic rings. The topological polar surface area (TPSA) is 76.9 Å². The zero-order valence-corrected chi connectivity index (χ0v) is 24.3. The van der Waals surface area contributed by atoms with Crippen LogP contribution in [0, 0.1) is 13.8 Å². The van der Waals surface area contributed by atoms with Gasteiger partial charge in [0.2, 0.25) is 5.75 Å². The largest absolute Gasteiger partial charge is 0.449 e. The number of rotatable bonds is 5. The first-order valence-corrected chi connectivity index (χ1v) is 13.8. The molecule has 3 aromatic carbocycles. The lowest BCUT2D eigenvalue weighted by Crippen LogP contribution is -2.50. The van der Waals surface area contributed by atoms with E-state index in [-0.39, 0.29) is 17.4 Å². The molecular weight excluding hydrogens is 516 g/mol. The summed E-state index contributed by atoms with van der Waals surface area (Å²) in [6, 6.07) is 23.7. The first-order valence-electron chi connectivity index (χ1n) is 13.8. The van der Waals surface area contributed by atoms with E-state index in [2.05, 4.69) is 36.3 Å². The van der Waals surface area contributed by atoms with Crippen LogP contribution in [0.2, 0.25) is 0 Å². The second-order valence-corrected chi connectivity index (χ2v) is 11.4. The molecule has 0 bridgehead atoms. The Labute approximate surface area is 240 Å². The number of anilines is 1. The van der Waals surface area contributed by atoms with Crippen molar-refractivity contribution in [2.45, 2.75) is 40.2 Å². The van der Waals surface area contributed by atoms with Crippen molar-refractivity contribution in [3.63, 3.8) is 0 Å². The van der Waals surface area contributed by atoms with Gasteiger partial charge in [-0.25, -0.2) is 4.79 Å². The fourth-order valence-corrected chi connectivity index (χ4v) is 4.66. The van der Waals surface area contributed by atoms with Gasteiger partial charge in [-0.2, -0.15) is 9.78 Å². The molecule has 8 heteroatoms. The maximum absolute atomic E-state index is 13.8. The number of amides is 1. The molecule has 0 saturated carbocycles. The maximum atomic E-state index is 13.8. The Hall–Kier alpha value is -4.59. The molecule has 0 spiro atoms. The summed E-state index contributed by atoms with van der Waals surface area (Å²) in [5.74, 6) is 0.739. The van der Waals surface area contributed by atoms with E-state index >= 15 is 0 Å². The number of aryl methyl sites for hydroxylation is 2. The normalized spacial score (nSPS) is 13.7. The Kier molecular flexibility index (Phi) is 7.83. The van der Waals surface area contributed by atoms with Gasteiger partial charge < -0.3 is 19.3 Å². The number of piperazine rings is 1. The molecular formula is C33H36N4O4. The lowest BCUT2D eigenvalue weighted by molar-refractivity contribution is 0.0240. The maximum Gasteiger partial charge on any atom is 0.410 e. The van der Waals surface area contributed by atoms with Crippen molar-refractivity contribution in [2.24, 2.45) is 0 Å².